The Morgan fingerprint density at radius 3 is 2.56 bits per heavy atom. The minimum atomic E-state index is -0.0579. The van der Waals surface area contributed by atoms with Crippen LogP contribution in [0.5, 0.6) is 0 Å². The Hall–Kier alpha value is -0.435. The lowest BCUT2D eigenvalue weighted by Gasteiger charge is -2.05. The smallest absolute Gasteiger partial charge is 0.528 e. The van der Waals surface area contributed by atoms with Crippen LogP contribution >= 0.6 is 0 Å². The lowest BCUT2D eigenvalue weighted by molar-refractivity contribution is 0.363. The van der Waals surface area contributed by atoms with Crippen molar-refractivity contribution in [3.8, 4) is 0 Å². The van der Waals surface area contributed by atoms with Gasteiger partial charge in [-0.1, -0.05) is 20.4 Å². The third-order valence-electron chi connectivity index (χ3n) is 1.24. The SMILES string of the molecule is C=C1COB(C(C)C)O1. The van der Waals surface area contributed by atoms with Crippen LogP contribution in [0.15, 0.2) is 12.3 Å². The molecule has 0 amide bonds. The first-order valence-corrected chi connectivity index (χ1v) is 3.16. The fourth-order valence-corrected chi connectivity index (χ4v) is 0.736. The van der Waals surface area contributed by atoms with Gasteiger partial charge in [0.25, 0.3) is 0 Å². The van der Waals surface area contributed by atoms with Crippen molar-refractivity contribution in [2.24, 2.45) is 0 Å². The third-order valence-corrected chi connectivity index (χ3v) is 1.24. The van der Waals surface area contributed by atoms with Crippen molar-refractivity contribution in [2.45, 2.75) is 19.7 Å². The van der Waals surface area contributed by atoms with Crippen LogP contribution in [0.2, 0.25) is 5.82 Å². The standard InChI is InChI=1S/C6H11BO2/c1-5(2)7-8-4-6(3)9-7/h5H,3-4H2,1-2H3. The van der Waals surface area contributed by atoms with E-state index in [2.05, 4.69) is 20.4 Å². The lowest BCUT2D eigenvalue weighted by Crippen LogP contribution is -2.17. The Balaban J connectivity index is 2.39. The van der Waals surface area contributed by atoms with Gasteiger partial charge in [-0.05, 0) is 0 Å². The van der Waals surface area contributed by atoms with E-state index in [-0.39, 0.29) is 7.12 Å². The van der Waals surface area contributed by atoms with Gasteiger partial charge in [-0.25, -0.2) is 0 Å². The molecule has 1 saturated heterocycles. The molecule has 0 spiro atoms. The minimum absolute atomic E-state index is 0.0579. The van der Waals surface area contributed by atoms with Crippen molar-refractivity contribution < 1.29 is 9.31 Å². The predicted molar refractivity (Wildman–Crippen MR) is 37.0 cm³/mol. The fourth-order valence-electron chi connectivity index (χ4n) is 0.736. The van der Waals surface area contributed by atoms with Crippen LogP contribution in [0.1, 0.15) is 13.8 Å². The molecule has 0 bridgehead atoms. The van der Waals surface area contributed by atoms with Gasteiger partial charge >= 0.3 is 7.12 Å². The van der Waals surface area contributed by atoms with Gasteiger partial charge in [0.05, 0.1) is 12.4 Å². The summed E-state index contributed by atoms with van der Waals surface area (Å²) >= 11 is 0. The van der Waals surface area contributed by atoms with Crippen molar-refractivity contribution in [3.05, 3.63) is 12.3 Å². The second kappa shape index (κ2) is 2.44. The van der Waals surface area contributed by atoms with Crippen LogP contribution in [0.3, 0.4) is 0 Å². The van der Waals surface area contributed by atoms with Crippen molar-refractivity contribution in [1.29, 1.82) is 0 Å². The molecule has 3 heteroatoms. The second-order valence-electron chi connectivity index (χ2n) is 2.58. The summed E-state index contributed by atoms with van der Waals surface area (Å²) < 4.78 is 10.4. The molecule has 0 N–H and O–H groups in total. The molecule has 0 aromatic rings. The van der Waals surface area contributed by atoms with Gasteiger partial charge in [0.15, 0.2) is 0 Å². The van der Waals surface area contributed by atoms with E-state index in [9.17, 15) is 0 Å². The highest BCUT2D eigenvalue weighted by Gasteiger charge is 2.30. The zero-order valence-corrected chi connectivity index (χ0v) is 5.89. The zero-order valence-electron chi connectivity index (χ0n) is 5.89. The molecule has 1 fully saturated rings. The maximum absolute atomic E-state index is 5.21. The fraction of sp³-hybridized carbons (Fsp3) is 0.667. The van der Waals surface area contributed by atoms with Crippen LogP contribution in [0.4, 0.5) is 0 Å². The molecule has 2 nitrogen and oxygen atoms in total. The van der Waals surface area contributed by atoms with Gasteiger partial charge in [-0.15, -0.1) is 0 Å². The van der Waals surface area contributed by atoms with Crippen LogP contribution in [-0.4, -0.2) is 13.7 Å². The molecule has 1 heterocycles. The summed E-state index contributed by atoms with van der Waals surface area (Å²) in [4.78, 5) is 0. The summed E-state index contributed by atoms with van der Waals surface area (Å²) in [6, 6.07) is 0. The average Bonchev–Trinajstić information content (AvgIpc) is 2.14. The van der Waals surface area contributed by atoms with Gasteiger partial charge < -0.3 is 9.31 Å². The summed E-state index contributed by atoms with van der Waals surface area (Å²) in [5.41, 5.74) is 0. The van der Waals surface area contributed by atoms with E-state index in [0.717, 1.165) is 5.76 Å². The first kappa shape index (κ1) is 6.68. The van der Waals surface area contributed by atoms with E-state index in [1.807, 2.05) is 0 Å². The molecule has 0 unspecified atom stereocenters. The van der Waals surface area contributed by atoms with E-state index in [4.69, 9.17) is 9.31 Å². The molecule has 1 rings (SSSR count). The van der Waals surface area contributed by atoms with Crippen molar-refractivity contribution in [3.63, 3.8) is 0 Å². The van der Waals surface area contributed by atoms with Crippen LogP contribution in [0, 0.1) is 0 Å². The van der Waals surface area contributed by atoms with Crippen molar-refractivity contribution in [1.82, 2.24) is 0 Å². The highest BCUT2D eigenvalue weighted by molar-refractivity contribution is 6.47. The molecular weight excluding hydrogens is 115 g/mol. The average molecular weight is 126 g/mol. The van der Waals surface area contributed by atoms with E-state index in [1.165, 1.54) is 0 Å². The number of rotatable bonds is 1. The Morgan fingerprint density at radius 2 is 2.33 bits per heavy atom. The number of hydrogen-bond donors (Lipinski definition) is 0. The van der Waals surface area contributed by atoms with Gasteiger partial charge in [-0.3, -0.25) is 0 Å². The Kier molecular flexibility index (Phi) is 1.81. The minimum Gasteiger partial charge on any atom is -0.538 e. The molecular formula is C6H11BO2. The summed E-state index contributed by atoms with van der Waals surface area (Å²) in [6.07, 6.45) is 0. The number of hydrogen-bond acceptors (Lipinski definition) is 2. The third kappa shape index (κ3) is 1.48. The molecule has 0 aromatic carbocycles. The first-order chi connectivity index (χ1) is 4.20. The maximum atomic E-state index is 5.21. The highest BCUT2D eigenvalue weighted by Crippen LogP contribution is 2.19. The summed E-state index contributed by atoms with van der Waals surface area (Å²) in [7, 11) is -0.0579. The molecule has 0 aliphatic carbocycles. The Labute approximate surface area is 56.0 Å². The second-order valence-corrected chi connectivity index (χ2v) is 2.58. The van der Waals surface area contributed by atoms with Gasteiger partial charge in [0.2, 0.25) is 0 Å². The van der Waals surface area contributed by atoms with Crippen LogP contribution in [-0.2, 0) is 9.31 Å². The summed E-state index contributed by atoms with van der Waals surface area (Å²) in [5, 5.41) is 0. The van der Waals surface area contributed by atoms with E-state index < -0.39 is 0 Å². The lowest BCUT2D eigenvalue weighted by atomic mass is 9.75. The molecule has 1 aliphatic heterocycles. The first-order valence-electron chi connectivity index (χ1n) is 3.16. The highest BCUT2D eigenvalue weighted by atomic mass is 16.6. The summed E-state index contributed by atoms with van der Waals surface area (Å²) in [6.45, 7) is 8.32. The largest absolute Gasteiger partial charge is 0.538 e. The molecule has 0 saturated carbocycles. The maximum Gasteiger partial charge on any atom is 0.528 e. The van der Waals surface area contributed by atoms with Crippen molar-refractivity contribution in [2.75, 3.05) is 6.61 Å². The van der Waals surface area contributed by atoms with Gasteiger partial charge in [-0.2, -0.15) is 0 Å². The Bertz CT molecular complexity index is 122. The van der Waals surface area contributed by atoms with Crippen LogP contribution in [0.25, 0.3) is 0 Å². The topological polar surface area (TPSA) is 18.5 Å². The quantitative estimate of drug-likeness (QED) is 0.495. The van der Waals surface area contributed by atoms with E-state index in [1.54, 1.807) is 0 Å². The summed E-state index contributed by atoms with van der Waals surface area (Å²) in [5.74, 6) is 1.16. The molecule has 9 heavy (non-hydrogen) atoms. The van der Waals surface area contributed by atoms with E-state index in [0.29, 0.717) is 12.4 Å². The Morgan fingerprint density at radius 1 is 1.67 bits per heavy atom. The molecule has 1 aliphatic rings. The van der Waals surface area contributed by atoms with Gasteiger partial charge in [0.1, 0.15) is 0 Å². The van der Waals surface area contributed by atoms with Crippen molar-refractivity contribution >= 4 is 7.12 Å². The normalized spacial score (nSPS) is 19.0. The predicted octanol–water partition coefficient (Wildman–Crippen LogP) is 1.45. The molecule has 0 radical (unpaired) electrons. The van der Waals surface area contributed by atoms with Crippen LogP contribution < -0.4 is 0 Å². The molecule has 50 valence electrons. The van der Waals surface area contributed by atoms with Gasteiger partial charge in [0, 0.05) is 5.82 Å². The van der Waals surface area contributed by atoms with E-state index >= 15 is 0 Å². The molecule has 0 atom stereocenters. The molecule has 0 aromatic heterocycles. The monoisotopic (exact) mass is 126 g/mol. The zero-order chi connectivity index (χ0) is 6.85.